The van der Waals surface area contributed by atoms with Crippen LogP contribution in [0.4, 0.5) is 11.4 Å². The van der Waals surface area contributed by atoms with Crippen molar-refractivity contribution >= 4 is 40.5 Å². The molecule has 7 nitrogen and oxygen atoms in total. The predicted molar refractivity (Wildman–Crippen MR) is 138 cm³/mol. The molecule has 3 rings (SSSR count). The molecule has 34 heavy (non-hydrogen) atoms. The highest BCUT2D eigenvalue weighted by Gasteiger charge is 2.09. The molecule has 0 aliphatic heterocycles. The second-order valence-electron chi connectivity index (χ2n) is 7.37. The number of carbonyl (C=O) groups is 2. The molecule has 0 saturated heterocycles. The fourth-order valence-electron chi connectivity index (χ4n) is 2.91. The third-order valence-electron chi connectivity index (χ3n) is 4.63. The molecule has 0 fully saturated rings. The molecule has 8 heteroatoms. The maximum absolute atomic E-state index is 12.5. The Bertz CT molecular complexity index is 1100. The van der Waals surface area contributed by atoms with E-state index in [1.54, 1.807) is 60.7 Å². The molecule has 0 aromatic heterocycles. The van der Waals surface area contributed by atoms with Gasteiger partial charge in [-0.05, 0) is 73.2 Å². The number of unbranched alkanes of at least 4 members (excludes halogenated alkanes) is 1. The number of hydrogen-bond acceptors (Lipinski definition) is 5. The normalized spacial score (nSPS) is 10.1. The number of nitrogens with one attached hydrogen (secondary N) is 3. The molecule has 3 aromatic rings. The van der Waals surface area contributed by atoms with E-state index in [4.69, 9.17) is 21.7 Å². The molecule has 0 heterocycles. The number of ether oxygens (including phenoxy) is 2. The van der Waals surface area contributed by atoms with Gasteiger partial charge >= 0.3 is 0 Å². The van der Waals surface area contributed by atoms with Gasteiger partial charge in [-0.3, -0.25) is 14.9 Å². The van der Waals surface area contributed by atoms with Crippen molar-refractivity contribution < 1.29 is 19.1 Å². The summed E-state index contributed by atoms with van der Waals surface area (Å²) in [6, 6.07) is 23.0. The minimum Gasteiger partial charge on any atom is -0.494 e. The van der Waals surface area contributed by atoms with Crippen LogP contribution in [0, 0.1) is 0 Å². The van der Waals surface area contributed by atoms with E-state index in [1.165, 1.54) is 0 Å². The van der Waals surface area contributed by atoms with Gasteiger partial charge < -0.3 is 20.1 Å². The van der Waals surface area contributed by atoms with Gasteiger partial charge in [-0.25, -0.2) is 0 Å². The molecular formula is C26H27N3O4S. The van der Waals surface area contributed by atoms with Gasteiger partial charge in [-0.2, -0.15) is 0 Å². The van der Waals surface area contributed by atoms with E-state index in [2.05, 4.69) is 22.9 Å². The van der Waals surface area contributed by atoms with Gasteiger partial charge in [-0.1, -0.05) is 37.6 Å². The average molecular weight is 478 g/mol. The van der Waals surface area contributed by atoms with Gasteiger partial charge in [0.15, 0.2) is 11.7 Å². The highest BCUT2D eigenvalue weighted by molar-refractivity contribution is 7.80. The topological polar surface area (TPSA) is 88.7 Å². The number of para-hydroxylation sites is 1. The lowest BCUT2D eigenvalue weighted by atomic mass is 10.2. The third kappa shape index (κ3) is 8.22. The van der Waals surface area contributed by atoms with Gasteiger partial charge in [0, 0.05) is 16.9 Å². The van der Waals surface area contributed by atoms with E-state index < -0.39 is 0 Å². The molecule has 0 aliphatic rings. The van der Waals surface area contributed by atoms with E-state index >= 15 is 0 Å². The van der Waals surface area contributed by atoms with Crippen molar-refractivity contribution in [1.29, 1.82) is 0 Å². The van der Waals surface area contributed by atoms with Crippen LogP contribution in [-0.4, -0.2) is 30.1 Å². The molecule has 0 spiro atoms. The summed E-state index contributed by atoms with van der Waals surface area (Å²) in [6.45, 7) is 2.64. The summed E-state index contributed by atoms with van der Waals surface area (Å²) in [5, 5.41) is 8.51. The van der Waals surface area contributed by atoms with Crippen molar-refractivity contribution in [2.24, 2.45) is 0 Å². The van der Waals surface area contributed by atoms with Crippen molar-refractivity contribution in [3.63, 3.8) is 0 Å². The Balaban J connectivity index is 1.47. The van der Waals surface area contributed by atoms with Crippen molar-refractivity contribution in [2.45, 2.75) is 19.8 Å². The Hall–Kier alpha value is -3.91. The summed E-state index contributed by atoms with van der Waals surface area (Å²) in [5.41, 5.74) is 1.65. The van der Waals surface area contributed by atoms with Crippen LogP contribution in [0.25, 0.3) is 0 Å². The predicted octanol–water partition coefficient (Wildman–Crippen LogP) is 5.01. The zero-order valence-corrected chi connectivity index (χ0v) is 19.7. The van der Waals surface area contributed by atoms with Crippen LogP contribution in [0.5, 0.6) is 11.5 Å². The monoisotopic (exact) mass is 477 g/mol. The number of rotatable bonds is 10. The first-order chi connectivity index (χ1) is 16.5. The minimum atomic E-state index is -0.333. The van der Waals surface area contributed by atoms with Gasteiger partial charge in [0.25, 0.3) is 11.8 Å². The molecule has 3 N–H and O–H groups in total. The van der Waals surface area contributed by atoms with Crippen LogP contribution in [0.1, 0.15) is 30.1 Å². The molecule has 0 radical (unpaired) electrons. The summed E-state index contributed by atoms with van der Waals surface area (Å²) >= 11 is 5.26. The fourth-order valence-corrected chi connectivity index (χ4v) is 3.12. The molecule has 0 atom stereocenters. The van der Waals surface area contributed by atoms with Gasteiger partial charge in [0.2, 0.25) is 0 Å². The lowest BCUT2D eigenvalue weighted by Gasteiger charge is -2.12. The maximum atomic E-state index is 12.5. The van der Waals surface area contributed by atoms with Crippen LogP contribution in [0.2, 0.25) is 0 Å². The van der Waals surface area contributed by atoms with Gasteiger partial charge in [-0.15, -0.1) is 0 Å². The smallest absolute Gasteiger partial charge is 0.262 e. The number of carbonyl (C=O) groups excluding carboxylic acids is 2. The zero-order chi connectivity index (χ0) is 24.2. The maximum Gasteiger partial charge on any atom is 0.262 e. The fraction of sp³-hybridized carbons (Fsp3) is 0.192. The SMILES string of the molecule is CCCCOc1ccc(C(=O)NC(=S)Nc2cccc(NC(=O)COc3ccccc3)c2)cc1. The summed E-state index contributed by atoms with van der Waals surface area (Å²) in [4.78, 5) is 24.6. The number of anilines is 2. The van der Waals surface area contributed by atoms with Crippen LogP contribution < -0.4 is 25.4 Å². The first-order valence-corrected chi connectivity index (χ1v) is 11.4. The summed E-state index contributed by atoms with van der Waals surface area (Å²) in [5.74, 6) is 0.714. The summed E-state index contributed by atoms with van der Waals surface area (Å²) < 4.78 is 11.1. The third-order valence-corrected chi connectivity index (χ3v) is 4.83. The number of thiocarbonyl (C=S) groups is 1. The van der Waals surface area contributed by atoms with Crippen LogP contribution >= 0.6 is 12.2 Å². The number of amides is 2. The Kier molecular flexibility index (Phi) is 9.42. The van der Waals surface area contributed by atoms with E-state index in [0.717, 1.165) is 18.6 Å². The minimum absolute atomic E-state index is 0.113. The van der Waals surface area contributed by atoms with Crippen molar-refractivity contribution in [2.75, 3.05) is 23.8 Å². The Morgan fingerprint density at radius 3 is 2.21 bits per heavy atom. The van der Waals surface area contributed by atoms with Crippen LogP contribution in [-0.2, 0) is 4.79 Å². The standard InChI is InChI=1S/C26H27N3O4S/c1-2-3-16-32-23-14-12-19(13-15-23)25(31)29-26(34)28-21-9-7-8-20(17-21)27-24(30)18-33-22-10-5-4-6-11-22/h4-15,17H,2-3,16,18H2,1H3,(H,27,30)(H2,28,29,31,34). The highest BCUT2D eigenvalue weighted by Crippen LogP contribution is 2.16. The highest BCUT2D eigenvalue weighted by atomic mass is 32.1. The summed E-state index contributed by atoms with van der Waals surface area (Å²) in [6.07, 6.45) is 2.04. The van der Waals surface area contributed by atoms with Crippen molar-refractivity contribution in [3.8, 4) is 11.5 Å². The average Bonchev–Trinajstić information content (AvgIpc) is 2.84. The molecule has 0 aliphatic carbocycles. The van der Waals surface area contributed by atoms with Crippen molar-refractivity contribution in [1.82, 2.24) is 5.32 Å². The van der Waals surface area contributed by atoms with E-state index in [-0.39, 0.29) is 23.5 Å². The molecule has 3 aromatic carbocycles. The molecule has 176 valence electrons. The van der Waals surface area contributed by atoms with Gasteiger partial charge in [0.05, 0.1) is 6.61 Å². The first-order valence-electron chi connectivity index (χ1n) is 11.0. The lowest BCUT2D eigenvalue weighted by Crippen LogP contribution is -2.34. The largest absolute Gasteiger partial charge is 0.494 e. The van der Waals surface area contributed by atoms with E-state index in [9.17, 15) is 9.59 Å². The Morgan fingerprint density at radius 2 is 1.50 bits per heavy atom. The van der Waals surface area contributed by atoms with Crippen LogP contribution in [0.3, 0.4) is 0 Å². The summed E-state index contributed by atoms with van der Waals surface area (Å²) in [7, 11) is 0. The van der Waals surface area contributed by atoms with Crippen molar-refractivity contribution in [3.05, 3.63) is 84.4 Å². The Labute approximate surface area is 204 Å². The first kappa shape index (κ1) is 24.7. The number of hydrogen-bond donors (Lipinski definition) is 3. The lowest BCUT2D eigenvalue weighted by molar-refractivity contribution is -0.118. The quantitative estimate of drug-likeness (QED) is 0.281. The van der Waals surface area contributed by atoms with E-state index in [0.29, 0.717) is 29.3 Å². The molecule has 0 saturated carbocycles. The Morgan fingerprint density at radius 1 is 0.824 bits per heavy atom. The molecule has 0 bridgehead atoms. The second-order valence-corrected chi connectivity index (χ2v) is 7.77. The van der Waals surface area contributed by atoms with E-state index in [1.807, 2.05) is 18.2 Å². The number of benzene rings is 3. The zero-order valence-electron chi connectivity index (χ0n) is 18.9. The second kappa shape index (κ2) is 13.0. The van der Waals surface area contributed by atoms with Crippen LogP contribution in [0.15, 0.2) is 78.9 Å². The van der Waals surface area contributed by atoms with Gasteiger partial charge in [0.1, 0.15) is 11.5 Å². The molecular weight excluding hydrogens is 450 g/mol. The molecule has 0 unspecified atom stereocenters. The molecule has 2 amide bonds.